The van der Waals surface area contributed by atoms with Crippen LogP contribution in [0.3, 0.4) is 0 Å². The van der Waals surface area contributed by atoms with Crippen molar-refractivity contribution in [2.45, 2.75) is 167 Å². The summed E-state index contributed by atoms with van der Waals surface area (Å²) in [6.07, 6.45) is 18.4. The maximum atomic E-state index is 14.8. The minimum atomic E-state index is -4.51. The number of carbonyl (C=O) groups excluding carboxylic acids is 2. The lowest BCUT2D eigenvalue weighted by Gasteiger charge is -2.34. The molecule has 0 aromatic rings. The predicted molar refractivity (Wildman–Crippen MR) is 191 cm³/mol. The third kappa shape index (κ3) is 19.0. The molecule has 0 radical (unpaired) electrons. The monoisotopic (exact) mass is 724 g/mol. The molecule has 13 heteroatoms. The maximum Gasteiger partial charge on any atom is 0.472 e. The number of thioether (sulfide) groups is 1. The minimum Gasteiger partial charge on any atom is -0.375 e. The number of rotatable bonds is 30. The van der Waals surface area contributed by atoms with Crippen molar-refractivity contribution >= 4 is 31.5 Å². The second kappa shape index (κ2) is 26.1. The number of alkyl halides is 1. The lowest BCUT2D eigenvalue weighted by molar-refractivity contribution is -0.128. The van der Waals surface area contributed by atoms with Crippen LogP contribution in [-0.4, -0.2) is 84.2 Å². The van der Waals surface area contributed by atoms with E-state index in [-0.39, 0.29) is 31.6 Å². The van der Waals surface area contributed by atoms with Crippen molar-refractivity contribution in [2.75, 3.05) is 37.9 Å². The van der Waals surface area contributed by atoms with E-state index < -0.39 is 44.9 Å². The Bertz CT molecular complexity index is 922. The van der Waals surface area contributed by atoms with Crippen LogP contribution in [0.4, 0.5) is 9.18 Å². The minimum absolute atomic E-state index is 0.106. The van der Waals surface area contributed by atoms with E-state index >= 15 is 0 Å². The van der Waals surface area contributed by atoms with Gasteiger partial charge in [0, 0.05) is 25.3 Å². The summed E-state index contributed by atoms with van der Waals surface area (Å²) in [6.45, 7) is 6.19. The van der Waals surface area contributed by atoms with Gasteiger partial charge in [0.05, 0.1) is 25.2 Å². The number of unbranched alkanes of at least 4 members (excludes halogenated alkanes) is 16. The molecule has 3 amide bonds. The Labute approximate surface area is 294 Å². The number of hydrogen-bond acceptors (Lipinski definition) is 8. The fraction of sp³-hybridized carbons (Fsp3) is 0.943. The zero-order valence-corrected chi connectivity index (χ0v) is 31.8. The van der Waals surface area contributed by atoms with Crippen molar-refractivity contribution in [3.8, 4) is 0 Å². The third-order valence-corrected chi connectivity index (χ3v) is 11.2. The first-order valence-electron chi connectivity index (χ1n) is 18.9. The fourth-order valence-corrected chi connectivity index (χ4v) is 7.75. The first-order valence-corrected chi connectivity index (χ1v) is 21.5. The Kier molecular flexibility index (Phi) is 23.6. The quantitative estimate of drug-likeness (QED) is 0.0552. The van der Waals surface area contributed by atoms with Gasteiger partial charge < -0.3 is 14.4 Å². The topological polar surface area (TPSA) is 124 Å². The van der Waals surface area contributed by atoms with E-state index in [0.717, 1.165) is 25.0 Å². The highest BCUT2D eigenvalue weighted by Crippen LogP contribution is 2.44. The van der Waals surface area contributed by atoms with Crippen LogP contribution in [0.25, 0.3) is 0 Å². The zero-order valence-electron chi connectivity index (χ0n) is 30.1. The largest absolute Gasteiger partial charge is 0.472 e. The number of urea groups is 1. The number of phosphoric ester groups is 1. The summed E-state index contributed by atoms with van der Waals surface area (Å²) in [6, 6.07) is -0.642. The molecule has 2 rings (SSSR count). The summed E-state index contributed by atoms with van der Waals surface area (Å²) >= 11 is 1.77. The smallest absolute Gasteiger partial charge is 0.375 e. The summed E-state index contributed by atoms with van der Waals surface area (Å²) in [7, 11) is -4.51. The molecule has 0 bridgehead atoms. The number of nitrogens with zero attached hydrogens (tertiary/aromatic N) is 1. The van der Waals surface area contributed by atoms with E-state index in [4.69, 9.17) is 18.5 Å². The van der Waals surface area contributed by atoms with E-state index in [1.807, 2.05) is 0 Å². The van der Waals surface area contributed by atoms with E-state index in [9.17, 15) is 23.4 Å². The van der Waals surface area contributed by atoms with Gasteiger partial charge in [-0.25, -0.2) is 13.8 Å². The molecule has 0 aromatic carbocycles. The second-order valence-corrected chi connectivity index (χ2v) is 16.1. The average Bonchev–Trinajstić information content (AvgIpc) is 3.43. The third-order valence-electron chi connectivity index (χ3n) is 9.04. The zero-order chi connectivity index (χ0) is 35.0. The Morgan fingerprint density at radius 2 is 1.48 bits per heavy atom. The maximum absolute atomic E-state index is 14.8. The second-order valence-electron chi connectivity index (χ2n) is 13.5. The van der Waals surface area contributed by atoms with Crippen molar-refractivity contribution in [1.82, 2.24) is 10.2 Å². The molecule has 2 aliphatic rings. The lowest BCUT2D eigenvalue weighted by Crippen LogP contribution is -2.57. The van der Waals surface area contributed by atoms with Crippen LogP contribution < -0.4 is 5.32 Å². The number of carbonyl (C=O) groups is 2. The van der Waals surface area contributed by atoms with Crippen molar-refractivity contribution in [3.05, 3.63) is 0 Å². The lowest BCUT2D eigenvalue weighted by atomic mass is 10.1. The van der Waals surface area contributed by atoms with Crippen LogP contribution in [-0.2, 0) is 27.9 Å². The van der Waals surface area contributed by atoms with Crippen molar-refractivity contribution < 1.29 is 42.0 Å². The molecule has 2 unspecified atom stereocenters. The molecule has 10 nitrogen and oxygen atoms in total. The van der Waals surface area contributed by atoms with Crippen LogP contribution in [0.15, 0.2) is 0 Å². The van der Waals surface area contributed by atoms with Gasteiger partial charge in [-0.1, -0.05) is 124 Å². The highest BCUT2D eigenvalue weighted by molar-refractivity contribution is 7.99. The summed E-state index contributed by atoms with van der Waals surface area (Å²) < 4.78 is 49.7. The van der Waals surface area contributed by atoms with Gasteiger partial charge >= 0.3 is 13.9 Å². The SMILES string of the molecule is CCCCCCCCCCCCSC[C@@H](COP(=O)(O)OC[C@H]1O[C@@H](N2CC(C)C(=O)NC2=O)C[C@@H]1F)OCCCCCCCCCC. The Morgan fingerprint density at radius 3 is 2.08 bits per heavy atom. The number of halogens is 1. The highest BCUT2D eigenvalue weighted by Gasteiger charge is 2.44. The fourth-order valence-electron chi connectivity index (χ4n) is 5.96. The number of ether oxygens (including phenoxy) is 2. The van der Waals surface area contributed by atoms with Gasteiger partial charge in [0.25, 0.3) is 0 Å². The molecular weight excluding hydrogens is 658 g/mol. The molecule has 2 heterocycles. The molecule has 0 aliphatic carbocycles. The molecule has 0 saturated carbocycles. The van der Waals surface area contributed by atoms with Crippen LogP contribution >= 0.6 is 19.6 Å². The summed E-state index contributed by atoms with van der Waals surface area (Å²) in [4.78, 5) is 35.6. The van der Waals surface area contributed by atoms with Crippen molar-refractivity contribution in [1.29, 1.82) is 0 Å². The Balaban J connectivity index is 1.71. The van der Waals surface area contributed by atoms with Gasteiger partial charge in [-0.05, 0) is 18.6 Å². The van der Waals surface area contributed by atoms with E-state index in [2.05, 4.69) is 19.2 Å². The number of phosphoric acid groups is 1. The van der Waals surface area contributed by atoms with Crippen molar-refractivity contribution in [3.63, 3.8) is 0 Å². The number of amides is 3. The molecule has 2 aliphatic heterocycles. The number of imide groups is 1. The first kappa shape index (κ1) is 43.4. The predicted octanol–water partition coefficient (Wildman–Crippen LogP) is 8.94. The molecule has 2 N–H and O–H groups in total. The highest BCUT2D eigenvalue weighted by atomic mass is 32.2. The molecule has 0 spiro atoms. The molecular formula is C35H66FN2O8PS. The van der Waals surface area contributed by atoms with Gasteiger partial charge in [0.2, 0.25) is 5.91 Å². The molecule has 0 aromatic heterocycles. The van der Waals surface area contributed by atoms with E-state index in [0.29, 0.717) is 12.4 Å². The summed E-state index contributed by atoms with van der Waals surface area (Å²) in [5.74, 6) is 0.806. The van der Waals surface area contributed by atoms with Crippen LogP contribution in [0.5, 0.6) is 0 Å². The van der Waals surface area contributed by atoms with Crippen molar-refractivity contribution in [2.24, 2.45) is 5.92 Å². The molecule has 6 atom stereocenters. The van der Waals surface area contributed by atoms with Gasteiger partial charge in [0.1, 0.15) is 18.5 Å². The molecule has 48 heavy (non-hydrogen) atoms. The normalized spacial score (nSPS) is 23.4. The molecule has 2 fully saturated rings. The number of nitrogens with one attached hydrogen (secondary N) is 1. The van der Waals surface area contributed by atoms with E-state index in [1.165, 1.54) is 101 Å². The van der Waals surface area contributed by atoms with Gasteiger partial charge in [0.15, 0.2) is 0 Å². The Hall–Kier alpha value is -0.750. The molecule has 282 valence electrons. The molecule has 2 saturated heterocycles. The van der Waals surface area contributed by atoms with Gasteiger partial charge in [-0.2, -0.15) is 11.8 Å². The van der Waals surface area contributed by atoms with Crippen LogP contribution in [0.1, 0.15) is 143 Å². The Morgan fingerprint density at radius 1 is 0.917 bits per heavy atom. The van der Waals surface area contributed by atoms with Gasteiger partial charge in [-0.3, -0.25) is 24.1 Å². The standard InChI is InChI=1S/C35H66FN2O8PS/c1-4-6-8-10-12-14-15-17-19-21-23-48-28-30(43-22-20-18-16-13-11-9-7-5-2)26-44-47(41,42)45-27-32-31(36)24-33(46-32)38-25-29(3)34(39)37-35(38)40/h29-33H,4-28H2,1-3H3,(H,41,42)(H,37,39,40)/t29?,30-,31+,32-,33-/m1/s1. The van der Waals surface area contributed by atoms with Crippen LogP contribution in [0.2, 0.25) is 0 Å². The van der Waals surface area contributed by atoms with Crippen LogP contribution in [0, 0.1) is 5.92 Å². The number of hydrogen-bond donors (Lipinski definition) is 2. The summed E-state index contributed by atoms with van der Waals surface area (Å²) in [5, 5.41) is 2.24. The van der Waals surface area contributed by atoms with E-state index in [1.54, 1.807) is 18.7 Å². The average molecular weight is 725 g/mol. The van der Waals surface area contributed by atoms with Gasteiger partial charge in [-0.15, -0.1) is 0 Å². The summed E-state index contributed by atoms with van der Waals surface area (Å²) in [5.41, 5.74) is 0. The first-order chi connectivity index (χ1) is 23.2.